The van der Waals surface area contributed by atoms with Crippen LogP contribution in [0, 0.1) is 25.7 Å². The average molecular weight is 434 g/mol. The Morgan fingerprint density at radius 3 is 2.44 bits per heavy atom. The van der Waals surface area contributed by atoms with E-state index in [2.05, 4.69) is 76.8 Å². The molecule has 0 bridgehead atoms. The van der Waals surface area contributed by atoms with Crippen molar-refractivity contribution >= 4 is 11.8 Å². The third kappa shape index (κ3) is 4.03. The minimum Gasteiger partial charge on any atom is -0.352 e. The Kier molecular flexibility index (Phi) is 5.71. The smallest absolute Gasteiger partial charge is 0.226 e. The van der Waals surface area contributed by atoms with Crippen molar-refractivity contribution in [3.63, 3.8) is 0 Å². The molecule has 7 nitrogen and oxygen atoms in total. The zero-order valence-corrected chi connectivity index (χ0v) is 18.6. The molecule has 2 heterocycles. The lowest BCUT2D eigenvalue weighted by Gasteiger charge is -2.46. The maximum Gasteiger partial charge on any atom is 0.226 e. The van der Waals surface area contributed by atoms with Crippen molar-refractivity contribution in [2.24, 2.45) is 11.8 Å². The minimum absolute atomic E-state index is 0.0134. The van der Waals surface area contributed by atoms with Crippen molar-refractivity contribution in [1.82, 2.24) is 26.6 Å². The normalized spacial score (nSPS) is 29.7. The van der Waals surface area contributed by atoms with Crippen molar-refractivity contribution in [3.05, 3.63) is 70.8 Å². The standard InChI is InChI=1S/C25H31N5O2/c1-15-3-7-17(8-4-15)14-26-24(31)19-11-12-20-21(13-19)30-23(27-25(20)32)22(28-29-30)18-9-5-16(2)6-10-18/h3-10,19-23,28-29H,11-14H2,1-2H3,(H,26,31)(H,27,32). The van der Waals surface area contributed by atoms with Gasteiger partial charge in [0.1, 0.15) is 6.17 Å². The molecule has 3 fully saturated rings. The van der Waals surface area contributed by atoms with E-state index in [0.29, 0.717) is 13.0 Å². The molecule has 0 radical (unpaired) electrons. The van der Waals surface area contributed by atoms with Gasteiger partial charge in [-0.3, -0.25) is 9.59 Å². The van der Waals surface area contributed by atoms with Crippen LogP contribution in [-0.2, 0) is 16.1 Å². The molecule has 4 N–H and O–H groups in total. The number of fused-ring (bicyclic) bond motifs is 3. The fraction of sp³-hybridized carbons (Fsp3) is 0.440. The molecule has 168 valence electrons. The van der Waals surface area contributed by atoms with E-state index in [4.69, 9.17) is 0 Å². The Hall–Kier alpha value is -2.74. The van der Waals surface area contributed by atoms with E-state index in [1.165, 1.54) is 11.1 Å². The summed E-state index contributed by atoms with van der Waals surface area (Å²) in [6.45, 7) is 4.65. The molecule has 1 saturated carbocycles. The number of nitrogens with one attached hydrogen (secondary N) is 4. The summed E-state index contributed by atoms with van der Waals surface area (Å²) in [5.41, 5.74) is 11.3. The predicted molar refractivity (Wildman–Crippen MR) is 122 cm³/mol. The summed E-state index contributed by atoms with van der Waals surface area (Å²) in [5.74, 6) is -0.0156. The van der Waals surface area contributed by atoms with Crippen molar-refractivity contribution in [2.45, 2.75) is 57.9 Å². The molecule has 0 spiro atoms. The van der Waals surface area contributed by atoms with Crippen LogP contribution in [-0.4, -0.2) is 29.0 Å². The summed E-state index contributed by atoms with van der Waals surface area (Å²) in [7, 11) is 0. The highest BCUT2D eigenvalue weighted by Crippen LogP contribution is 2.38. The molecule has 3 aliphatic rings. The van der Waals surface area contributed by atoms with Crippen LogP contribution in [0.2, 0.25) is 0 Å². The number of hydrogen-bond acceptors (Lipinski definition) is 5. The summed E-state index contributed by atoms with van der Waals surface area (Å²) in [5, 5.41) is 8.42. The zero-order chi connectivity index (χ0) is 22.2. The van der Waals surface area contributed by atoms with Crippen LogP contribution in [0.25, 0.3) is 0 Å². The number of amides is 2. The molecular weight excluding hydrogens is 402 g/mol. The van der Waals surface area contributed by atoms with E-state index in [1.54, 1.807) is 0 Å². The van der Waals surface area contributed by atoms with E-state index >= 15 is 0 Å². The molecule has 0 aromatic heterocycles. The molecule has 2 aromatic carbocycles. The van der Waals surface area contributed by atoms with Gasteiger partial charge >= 0.3 is 0 Å². The molecule has 5 unspecified atom stereocenters. The van der Waals surface area contributed by atoms with Gasteiger partial charge in [-0.15, -0.1) is 0 Å². The molecule has 5 rings (SSSR count). The summed E-state index contributed by atoms with van der Waals surface area (Å²) in [4.78, 5) is 25.9. The second-order valence-electron chi connectivity index (χ2n) is 9.39. The highest BCUT2D eigenvalue weighted by Gasteiger charge is 2.51. The Bertz CT molecular complexity index is 990. The molecule has 2 saturated heterocycles. The maximum atomic E-state index is 12.9. The zero-order valence-electron chi connectivity index (χ0n) is 18.6. The van der Waals surface area contributed by atoms with Gasteiger partial charge in [-0.2, -0.15) is 5.53 Å². The molecule has 2 amide bonds. The maximum absolute atomic E-state index is 12.9. The van der Waals surface area contributed by atoms with Crippen LogP contribution in [0.5, 0.6) is 0 Å². The van der Waals surface area contributed by atoms with Crippen LogP contribution in [0.4, 0.5) is 0 Å². The van der Waals surface area contributed by atoms with Gasteiger partial charge in [0.15, 0.2) is 0 Å². The second-order valence-corrected chi connectivity index (χ2v) is 9.39. The Morgan fingerprint density at radius 1 is 1.03 bits per heavy atom. The van der Waals surface area contributed by atoms with Crippen molar-refractivity contribution < 1.29 is 9.59 Å². The third-order valence-electron chi connectivity index (χ3n) is 7.16. The van der Waals surface area contributed by atoms with Crippen LogP contribution >= 0.6 is 0 Å². The van der Waals surface area contributed by atoms with Gasteiger partial charge in [-0.05, 0) is 44.2 Å². The highest BCUT2D eigenvalue weighted by molar-refractivity contribution is 5.83. The number of aryl methyl sites for hydroxylation is 2. The monoisotopic (exact) mass is 433 g/mol. The Morgan fingerprint density at radius 2 is 1.72 bits per heavy atom. The second kappa shape index (κ2) is 8.65. The molecule has 2 aromatic rings. The first kappa shape index (κ1) is 21.1. The number of hydrazine groups is 2. The molecule has 5 atom stereocenters. The van der Waals surface area contributed by atoms with Crippen LogP contribution in [0.1, 0.15) is 47.6 Å². The van der Waals surface area contributed by atoms with Crippen molar-refractivity contribution in [2.75, 3.05) is 0 Å². The fourth-order valence-corrected chi connectivity index (χ4v) is 5.23. The van der Waals surface area contributed by atoms with Gasteiger partial charge in [0.2, 0.25) is 11.8 Å². The van der Waals surface area contributed by atoms with Crippen LogP contribution < -0.4 is 21.6 Å². The lowest BCUT2D eigenvalue weighted by Crippen LogP contribution is -2.65. The van der Waals surface area contributed by atoms with Crippen molar-refractivity contribution in [1.29, 1.82) is 0 Å². The van der Waals surface area contributed by atoms with E-state index < -0.39 is 0 Å². The number of benzene rings is 2. The SMILES string of the molecule is Cc1ccc(CNC(=O)C2CCC3C(=O)NC4C(c5ccc(C)cc5)NNN4C3C2)cc1. The Balaban J connectivity index is 1.26. The highest BCUT2D eigenvalue weighted by atomic mass is 16.2. The van der Waals surface area contributed by atoms with Crippen LogP contribution in [0.3, 0.4) is 0 Å². The fourth-order valence-electron chi connectivity index (χ4n) is 5.23. The number of carbonyl (C=O) groups excluding carboxylic acids is 2. The van der Waals surface area contributed by atoms with Gasteiger partial charge in [-0.1, -0.05) is 59.7 Å². The lowest BCUT2D eigenvalue weighted by molar-refractivity contribution is -0.143. The van der Waals surface area contributed by atoms with Gasteiger partial charge in [0.05, 0.1) is 12.0 Å². The van der Waals surface area contributed by atoms with Crippen molar-refractivity contribution in [3.8, 4) is 0 Å². The average Bonchev–Trinajstić information content (AvgIpc) is 3.22. The molecule has 2 aliphatic heterocycles. The van der Waals surface area contributed by atoms with E-state index in [9.17, 15) is 9.59 Å². The number of rotatable bonds is 4. The first-order valence-electron chi connectivity index (χ1n) is 11.5. The Labute approximate surface area is 188 Å². The van der Waals surface area contributed by atoms with Gasteiger partial charge < -0.3 is 10.6 Å². The van der Waals surface area contributed by atoms with Crippen LogP contribution in [0.15, 0.2) is 48.5 Å². The predicted octanol–water partition coefficient (Wildman–Crippen LogP) is 2.23. The number of hydrogen-bond donors (Lipinski definition) is 4. The number of carbonyl (C=O) groups is 2. The van der Waals surface area contributed by atoms with Gasteiger partial charge in [0, 0.05) is 18.5 Å². The minimum atomic E-state index is -0.180. The van der Waals surface area contributed by atoms with E-state index in [0.717, 1.165) is 24.0 Å². The lowest BCUT2D eigenvalue weighted by atomic mass is 9.75. The number of nitrogens with zero attached hydrogens (tertiary/aromatic N) is 1. The molecular formula is C25H31N5O2. The van der Waals surface area contributed by atoms with E-state index in [-0.39, 0.29) is 41.9 Å². The van der Waals surface area contributed by atoms with Gasteiger partial charge in [-0.25, -0.2) is 10.4 Å². The summed E-state index contributed by atoms with van der Waals surface area (Å²) < 4.78 is 0. The first-order valence-corrected chi connectivity index (χ1v) is 11.5. The molecule has 32 heavy (non-hydrogen) atoms. The summed E-state index contributed by atoms with van der Waals surface area (Å²) in [6, 6.07) is 16.5. The summed E-state index contributed by atoms with van der Waals surface area (Å²) >= 11 is 0. The topological polar surface area (TPSA) is 85.5 Å². The molecule has 1 aliphatic carbocycles. The molecule has 7 heteroatoms. The third-order valence-corrected chi connectivity index (χ3v) is 7.16. The largest absolute Gasteiger partial charge is 0.352 e. The van der Waals surface area contributed by atoms with E-state index in [1.807, 2.05) is 12.1 Å². The quantitative estimate of drug-likeness (QED) is 0.594. The van der Waals surface area contributed by atoms with Gasteiger partial charge in [0.25, 0.3) is 0 Å². The first-order chi connectivity index (χ1) is 15.5. The summed E-state index contributed by atoms with van der Waals surface area (Å²) in [6.07, 6.45) is 1.95.